The van der Waals surface area contributed by atoms with Crippen molar-refractivity contribution in [2.24, 2.45) is 0 Å². The second-order valence-corrected chi connectivity index (χ2v) is 7.89. The fraction of sp³-hybridized carbons (Fsp3) is 0.667. The summed E-state index contributed by atoms with van der Waals surface area (Å²) in [5.74, 6) is 3.38. The maximum absolute atomic E-state index is 13.0. The predicted octanol–water partition coefficient (Wildman–Crippen LogP) is 2.65. The Labute approximate surface area is 142 Å². The molecule has 23 heavy (non-hydrogen) atoms. The van der Waals surface area contributed by atoms with Crippen LogP contribution in [-0.2, 0) is 4.79 Å². The van der Waals surface area contributed by atoms with Crippen LogP contribution in [0, 0.1) is 19.3 Å². The lowest BCUT2D eigenvalue weighted by Gasteiger charge is -2.39. The first-order chi connectivity index (χ1) is 11.2. The normalized spacial score (nSPS) is 26.0. The summed E-state index contributed by atoms with van der Waals surface area (Å²) in [5.41, 5.74) is 0. The summed E-state index contributed by atoms with van der Waals surface area (Å²) >= 11 is 1.77. The lowest BCUT2D eigenvalue weighted by atomic mass is 9.95. The molecule has 2 fully saturated rings. The van der Waals surface area contributed by atoms with Gasteiger partial charge in [0.1, 0.15) is 0 Å². The van der Waals surface area contributed by atoms with Crippen molar-refractivity contribution in [3.8, 4) is 12.3 Å². The van der Waals surface area contributed by atoms with E-state index in [4.69, 9.17) is 6.42 Å². The molecule has 0 aromatic carbocycles. The number of likely N-dealkylation sites (tertiary alicyclic amines) is 2. The zero-order valence-electron chi connectivity index (χ0n) is 13.8. The highest BCUT2D eigenvalue weighted by Crippen LogP contribution is 2.31. The van der Waals surface area contributed by atoms with Gasteiger partial charge in [0, 0.05) is 30.1 Å². The van der Waals surface area contributed by atoms with Crippen LogP contribution in [0.3, 0.4) is 0 Å². The number of thiazole rings is 1. The summed E-state index contributed by atoms with van der Waals surface area (Å²) in [4.78, 5) is 23.0. The van der Waals surface area contributed by atoms with Crippen molar-refractivity contribution >= 4 is 17.2 Å². The fourth-order valence-corrected chi connectivity index (χ4v) is 4.63. The molecular weight excluding hydrogens is 306 g/mol. The third-order valence-electron chi connectivity index (χ3n) is 4.91. The SMILES string of the molecule is C#CCN1CCCCC1C(=O)N1CCCC(c2ncc(C)s2)C1. The van der Waals surface area contributed by atoms with Gasteiger partial charge in [0.25, 0.3) is 0 Å². The minimum atomic E-state index is -0.0171. The van der Waals surface area contributed by atoms with E-state index < -0.39 is 0 Å². The number of carbonyl (C=O) groups excluding carboxylic acids is 1. The molecule has 0 saturated carbocycles. The fourth-order valence-electron chi connectivity index (χ4n) is 3.73. The van der Waals surface area contributed by atoms with Gasteiger partial charge in [0.2, 0.25) is 5.91 Å². The van der Waals surface area contributed by atoms with Gasteiger partial charge in [-0.25, -0.2) is 4.98 Å². The van der Waals surface area contributed by atoms with Crippen LogP contribution in [-0.4, -0.2) is 52.9 Å². The minimum absolute atomic E-state index is 0.0171. The monoisotopic (exact) mass is 331 g/mol. The van der Waals surface area contributed by atoms with E-state index in [1.807, 2.05) is 6.20 Å². The molecule has 0 spiro atoms. The minimum Gasteiger partial charge on any atom is -0.341 e. The number of aromatic nitrogens is 1. The summed E-state index contributed by atoms with van der Waals surface area (Å²) in [7, 11) is 0. The zero-order chi connectivity index (χ0) is 16.2. The Balaban J connectivity index is 1.67. The second-order valence-electron chi connectivity index (χ2n) is 6.62. The van der Waals surface area contributed by atoms with Crippen LogP contribution >= 0.6 is 11.3 Å². The van der Waals surface area contributed by atoms with Gasteiger partial charge in [-0.05, 0) is 39.2 Å². The van der Waals surface area contributed by atoms with Gasteiger partial charge >= 0.3 is 0 Å². The first-order valence-corrected chi connectivity index (χ1v) is 9.39. The van der Waals surface area contributed by atoms with Crippen molar-refractivity contribution in [1.29, 1.82) is 0 Å². The lowest BCUT2D eigenvalue weighted by Crippen LogP contribution is -2.52. The van der Waals surface area contributed by atoms with Crippen LogP contribution in [0.4, 0.5) is 0 Å². The maximum atomic E-state index is 13.0. The van der Waals surface area contributed by atoms with Gasteiger partial charge < -0.3 is 4.90 Å². The van der Waals surface area contributed by atoms with Crippen molar-refractivity contribution in [2.75, 3.05) is 26.2 Å². The predicted molar refractivity (Wildman–Crippen MR) is 93.5 cm³/mol. The molecule has 1 amide bonds. The number of terminal acetylenes is 1. The van der Waals surface area contributed by atoms with E-state index >= 15 is 0 Å². The Bertz CT molecular complexity index is 591. The Hall–Kier alpha value is -1.38. The van der Waals surface area contributed by atoms with Crippen LogP contribution in [0.5, 0.6) is 0 Å². The van der Waals surface area contributed by atoms with Gasteiger partial charge in [-0.1, -0.05) is 12.3 Å². The smallest absolute Gasteiger partial charge is 0.239 e. The van der Waals surface area contributed by atoms with E-state index in [1.165, 1.54) is 9.88 Å². The van der Waals surface area contributed by atoms with Crippen molar-refractivity contribution in [3.05, 3.63) is 16.1 Å². The van der Waals surface area contributed by atoms with Gasteiger partial charge in [0.15, 0.2) is 0 Å². The molecule has 2 atom stereocenters. The molecule has 0 aliphatic carbocycles. The highest BCUT2D eigenvalue weighted by atomic mass is 32.1. The number of nitrogens with zero attached hydrogens (tertiary/aromatic N) is 3. The zero-order valence-corrected chi connectivity index (χ0v) is 14.6. The van der Waals surface area contributed by atoms with Gasteiger partial charge in [-0.2, -0.15) is 0 Å². The first kappa shape index (κ1) is 16.5. The van der Waals surface area contributed by atoms with E-state index in [0.717, 1.165) is 51.7 Å². The van der Waals surface area contributed by atoms with Crippen LogP contribution in [0.2, 0.25) is 0 Å². The van der Waals surface area contributed by atoms with Crippen molar-refractivity contribution < 1.29 is 4.79 Å². The number of carbonyl (C=O) groups is 1. The van der Waals surface area contributed by atoms with Crippen LogP contribution < -0.4 is 0 Å². The third-order valence-corrected chi connectivity index (χ3v) is 5.99. The Morgan fingerprint density at radius 2 is 2.26 bits per heavy atom. The standard InChI is InChI=1S/C18H25N3OS/c1-3-9-20-10-5-4-8-16(20)18(22)21-11-6-7-15(13-21)17-19-12-14(2)23-17/h1,12,15-16H,4-11,13H2,2H3. The molecular formula is C18H25N3OS. The average molecular weight is 331 g/mol. The molecule has 0 bridgehead atoms. The molecule has 2 unspecified atom stereocenters. The molecule has 1 aromatic heterocycles. The molecule has 5 heteroatoms. The quantitative estimate of drug-likeness (QED) is 0.799. The largest absolute Gasteiger partial charge is 0.341 e. The second kappa shape index (κ2) is 7.46. The number of aryl methyl sites for hydroxylation is 1. The van der Waals surface area contributed by atoms with Crippen molar-refractivity contribution in [1.82, 2.24) is 14.8 Å². The number of piperidine rings is 2. The van der Waals surface area contributed by atoms with Crippen LogP contribution in [0.1, 0.15) is 47.9 Å². The highest BCUT2D eigenvalue weighted by molar-refractivity contribution is 7.11. The summed E-state index contributed by atoms with van der Waals surface area (Å²) in [5, 5.41) is 1.18. The molecule has 0 N–H and O–H groups in total. The van der Waals surface area contributed by atoms with Gasteiger partial charge in [0.05, 0.1) is 17.6 Å². The summed E-state index contributed by atoms with van der Waals surface area (Å²) < 4.78 is 0. The van der Waals surface area contributed by atoms with Gasteiger partial charge in [-0.3, -0.25) is 9.69 Å². The molecule has 0 radical (unpaired) electrons. The molecule has 3 rings (SSSR count). The Kier molecular flexibility index (Phi) is 5.34. The molecule has 2 aliphatic heterocycles. The molecule has 2 saturated heterocycles. The summed E-state index contributed by atoms with van der Waals surface area (Å²) in [6.45, 7) is 5.31. The number of hydrogen-bond donors (Lipinski definition) is 0. The third kappa shape index (κ3) is 3.76. The first-order valence-electron chi connectivity index (χ1n) is 8.57. The van der Waals surface area contributed by atoms with E-state index in [1.54, 1.807) is 11.3 Å². The van der Waals surface area contributed by atoms with E-state index in [0.29, 0.717) is 12.5 Å². The number of amides is 1. The number of hydrogen-bond acceptors (Lipinski definition) is 4. The van der Waals surface area contributed by atoms with Crippen molar-refractivity contribution in [3.63, 3.8) is 0 Å². The lowest BCUT2D eigenvalue weighted by molar-refractivity contribution is -0.139. The molecule has 3 heterocycles. The Morgan fingerprint density at radius 3 is 3.00 bits per heavy atom. The number of rotatable bonds is 3. The van der Waals surface area contributed by atoms with Crippen LogP contribution in [0.25, 0.3) is 0 Å². The molecule has 1 aromatic rings. The molecule has 2 aliphatic rings. The maximum Gasteiger partial charge on any atom is 0.239 e. The van der Waals surface area contributed by atoms with Crippen molar-refractivity contribution in [2.45, 2.75) is 51.0 Å². The average Bonchev–Trinajstić information content (AvgIpc) is 3.02. The van der Waals surface area contributed by atoms with E-state index in [-0.39, 0.29) is 11.9 Å². The van der Waals surface area contributed by atoms with E-state index in [9.17, 15) is 4.79 Å². The van der Waals surface area contributed by atoms with E-state index in [2.05, 4.69) is 27.6 Å². The Morgan fingerprint density at radius 1 is 1.39 bits per heavy atom. The highest BCUT2D eigenvalue weighted by Gasteiger charge is 2.34. The van der Waals surface area contributed by atoms with Gasteiger partial charge in [-0.15, -0.1) is 17.8 Å². The molecule has 4 nitrogen and oxygen atoms in total. The summed E-state index contributed by atoms with van der Waals surface area (Å²) in [6.07, 6.45) is 12.8. The molecule has 124 valence electrons. The topological polar surface area (TPSA) is 36.4 Å². The summed E-state index contributed by atoms with van der Waals surface area (Å²) in [6, 6.07) is -0.0171. The van der Waals surface area contributed by atoms with Crippen LogP contribution in [0.15, 0.2) is 6.20 Å².